The van der Waals surface area contributed by atoms with E-state index in [1.165, 1.54) is 57.1 Å². The summed E-state index contributed by atoms with van der Waals surface area (Å²) in [4.78, 5) is 0. The summed E-state index contributed by atoms with van der Waals surface area (Å²) in [7, 11) is 0. The molecule has 0 bridgehead atoms. The van der Waals surface area contributed by atoms with Crippen molar-refractivity contribution in [1.29, 1.82) is 0 Å². The van der Waals surface area contributed by atoms with Gasteiger partial charge in [-0.25, -0.2) is 4.68 Å². The van der Waals surface area contributed by atoms with E-state index in [1.54, 1.807) is 0 Å². The molecule has 21 heavy (non-hydrogen) atoms. The van der Waals surface area contributed by atoms with Crippen molar-refractivity contribution in [3.63, 3.8) is 0 Å². The Labute approximate surface area is 131 Å². The smallest absolute Gasteiger partial charge is 0.0725 e. The number of aromatic nitrogens is 3. The maximum absolute atomic E-state index is 4.24. The van der Waals surface area contributed by atoms with Gasteiger partial charge in [0.1, 0.15) is 0 Å². The number of hydrogen-bond donors (Lipinski definition) is 0. The minimum atomic E-state index is 0.811. The highest BCUT2D eigenvalue weighted by Crippen LogP contribution is 2.12. The SMILES string of the molecule is CC(C)CCCCCCc1cnnn1CCCCC(C)C. The van der Waals surface area contributed by atoms with E-state index >= 15 is 0 Å². The van der Waals surface area contributed by atoms with Gasteiger partial charge in [0.05, 0.1) is 11.9 Å². The second-order valence-electron chi connectivity index (χ2n) is 7.18. The second-order valence-corrected chi connectivity index (χ2v) is 7.18. The lowest BCUT2D eigenvalue weighted by atomic mass is 10.0. The molecule has 0 spiro atoms. The summed E-state index contributed by atoms with van der Waals surface area (Å²) < 4.78 is 2.12. The zero-order valence-electron chi connectivity index (χ0n) is 14.6. The number of unbranched alkanes of at least 4 members (excludes halogenated alkanes) is 4. The molecule has 1 aromatic rings. The highest BCUT2D eigenvalue weighted by Gasteiger charge is 2.04. The first-order chi connectivity index (χ1) is 10.1. The Morgan fingerprint density at radius 3 is 2.14 bits per heavy atom. The highest BCUT2D eigenvalue weighted by molar-refractivity contribution is 4.93. The summed E-state index contributed by atoms with van der Waals surface area (Å²) >= 11 is 0. The van der Waals surface area contributed by atoms with Crippen LogP contribution in [-0.4, -0.2) is 15.0 Å². The van der Waals surface area contributed by atoms with Gasteiger partial charge in [0.15, 0.2) is 0 Å². The molecule has 122 valence electrons. The Hall–Kier alpha value is -0.860. The van der Waals surface area contributed by atoms with Gasteiger partial charge in [0, 0.05) is 6.54 Å². The predicted octanol–water partition coefficient (Wildman–Crippen LogP) is 5.25. The minimum Gasteiger partial charge on any atom is -0.249 e. The van der Waals surface area contributed by atoms with Crippen molar-refractivity contribution in [1.82, 2.24) is 15.0 Å². The summed E-state index contributed by atoms with van der Waals surface area (Å²) in [6, 6.07) is 0. The molecule has 1 aromatic heterocycles. The largest absolute Gasteiger partial charge is 0.249 e. The Bertz CT molecular complexity index is 355. The van der Waals surface area contributed by atoms with E-state index in [2.05, 4.69) is 42.7 Å². The molecule has 0 saturated carbocycles. The minimum absolute atomic E-state index is 0.811. The molecule has 1 rings (SSSR count). The number of aryl methyl sites for hydroxylation is 2. The monoisotopic (exact) mass is 293 g/mol. The van der Waals surface area contributed by atoms with Gasteiger partial charge in [-0.2, -0.15) is 0 Å². The van der Waals surface area contributed by atoms with Gasteiger partial charge < -0.3 is 0 Å². The number of nitrogens with zero attached hydrogens (tertiary/aromatic N) is 3. The molecule has 0 unspecified atom stereocenters. The van der Waals surface area contributed by atoms with Crippen molar-refractivity contribution in [2.45, 2.75) is 92.0 Å². The molecule has 0 fully saturated rings. The van der Waals surface area contributed by atoms with Crippen LogP contribution in [0.2, 0.25) is 0 Å². The van der Waals surface area contributed by atoms with Gasteiger partial charge in [0.25, 0.3) is 0 Å². The molecule has 0 N–H and O–H groups in total. The number of rotatable bonds is 12. The second kappa shape index (κ2) is 10.8. The molecular weight excluding hydrogens is 258 g/mol. The maximum atomic E-state index is 4.24. The lowest BCUT2D eigenvalue weighted by molar-refractivity contribution is 0.472. The molecule has 0 amide bonds. The van der Waals surface area contributed by atoms with Crippen LogP contribution in [0.15, 0.2) is 6.20 Å². The molecule has 3 heteroatoms. The third-order valence-electron chi connectivity index (χ3n) is 4.06. The zero-order chi connectivity index (χ0) is 15.5. The van der Waals surface area contributed by atoms with Crippen molar-refractivity contribution >= 4 is 0 Å². The quantitative estimate of drug-likeness (QED) is 0.492. The summed E-state index contributed by atoms with van der Waals surface area (Å²) in [5, 5.41) is 8.32. The Kier molecular flexibility index (Phi) is 9.36. The fourth-order valence-electron chi connectivity index (χ4n) is 2.69. The van der Waals surface area contributed by atoms with E-state index in [0.29, 0.717) is 0 Å². The molecular formula is C18H35N3. The summed E-state index contributed by atoms with van der Waals surface area (Å²) in [6.45, 7) is 10.2. The van der Waals surface area contributed by atoms with Crippen LogP contribution in [0, 0.1) is 11.8 Å². The number of hydrogen-bond acceptors (Lipinski definition) is 2. The fourth-order valence-corrected chi connectivity index (χ4v) is 2.69. The summed E-state index contributed by atoms with van der Waals surface area (Å²) in [6.07, 6.45) is 13.7. The van der Waals surface area contributed by atoms with Gasteiger partial charge in [-0.15, -0.1) is 5.10 Å². The third-order valence-corrected chi connectivity index (χ3v) is 4.06. The lowest BCUT2D eigenvalue weighted by Crippen LogP contribution is -2.06. The van der Waals surface area contributed by atoms with Gasteiger partial charge in [-0.3, -0.25) is 0 Å². The molecule has 0 aliphatic carbocycles. The van der Waals surface area contributed by atoms with Gasteiger partial charge in [0.2, 0.25) is 0 Å². The van der Waals surface area contributed by atoms with Crippen LogP contribution in [0.4, 0.5) is 0 Å². The third kappa shape index (κ3) is 8.90. The van der Waals surface area contributed by atoms with E-state index in [9.17, 15) is 0 Å². The van der Waals surface area contributed by atoms with Crippen LogP contribution in [0.3, 0.4) is 0 Å². The molecule has 0 radical (unpaired) electrons. The summed E-state index contributed by atoms with van der Waals surface area (Å²) in [5.74, 6) is 1.66. The Balaban J connectivity index is 2.13. The van der Waals surface area contributed by atoms with Crippen LogP contribution < -0.4 is 0 Å². The van der Waals surface area contributed by atoms with Crippen molar-refractivity contribution < 1.29 is 0 Å². The van der Waals surface area contributed by atoms with E-state index in [0.717, 1.165) is 24.8 Å². The molecule has 0 aliphatic rings. The summed E-state index contributed by atoms with van der Waals surface area (Å²) in [5.41, 5.74) is 1.32. The molecule has 0 aromatic carbocycles. The lowest BCUT2D eigenvalue weighted by Gasteiger charge is -2.08. The average molecular weight is 293 g/mol. The Morgan fingerprint density at radius 2 is 1.48 bits per heavy atom. The van der Waals surface area contributed by atoms with Crippen molar-refractivity contribution in [3.05, 3.63) is 11.9 Å². The first-order valence-electron chi connectivity index (χ1n) is 8.97. The fraction of sp³-hybridized carbons (Fsp3) is 0.889. The first kappa shape index (κ1) is 18.2. The maximum Gasteiger partial charge on any atom is 0.0725 e. The van der Waals surface area contributed by atoms with Gasteiger partial charge in [-0.05, 0) is 31.1 Å². The van der Waals surface area contributed by atoms with Crippen molar-refractivity contribution in [3.8, 4) is 0 Å². The Morgan fingerprint density at radius 1 is 0.857 bits per heavy atom. The normalized spacial score (nSPS) is 11.7. The average Bonchev–Trinajstić information content (AvgIpc) is 2.86. The molecule has 0 saturated heterocycles. The van der Waals surface area contributed by atoms with Crippen LogP contribution in [0.5, 0.6) is 0 Å². The van der Waals surface area contributed by atoms with Crippen LogP contribution in [-0.2, 0) is 13.0 Å². The molecule has 3 nitrogen and oxygen atoms in total. The molecule has 1 heterocycles. The van der Waals surface area contributed by atoms with Crippen LogP contribution in [0.25, 0.3) is 0 Å². The first-order valence-corrected chi connectivity index (χ1v) is 8.97. The van der Waals surface area contributed by atoms with Crippen molar-refractivity contribution in [2.75, 3.05) is 0 Å². The van der Waals surface area contributed by atoms with E-state index in [4.69, 9.17) is 0 Å². The van der Waals surface area contributed by atoms with Crippen LogP contribution in [0.1, 0.15) is 84.8 Å². The highest BCUT2D eigenvalue weighted by atomic mass is 15.4. The van der Waals surface area contributed by atoms with E-state index < -0.39 is 0 Å². The van der Waals surface area contributed by atoms with Crippen LogP contribution >= 0.6 is 0 Å². The topological polar surface area (TPSA) is 30.7 Å². The molecule has 0 aliphatic heterocycles. The zero-order valence-corrected chi connectivity index (χ0v) is 14.6. The van der Waals surface area contributed by atoms with Gasteiger partial charge >= 0.3 is 0 Å². The molecule has 0 atom stereocenters. The van der Waals surface area contributed by atoms with Crippen molar-refractivity contribution in [2.24, 2.45) is 11.8 Å². The van der Waals surface area contributed by atoms with Gasteiger partial charge in [-0.1, -0.05) is 71.4 Å². The standard InChI is InChI=1S/C18H35N3/c1-16(2)11-7-5-6-8-13-18-15-19-20-21(18)14-10-9-12-17(3)4/h15-17H,5-14H2,1-4H3. The van der Waals surface area contributed by atoms with E-state index in [1.807, 2.05) is 6.20 Å². The van der Waals surface area contributed by atoms with E-state index in [-0.39, 0.29) is 0 Å². The predicted molar refractivity (Wildman–Crippen MR) is 90.3 cm³/mol.